The van der Waals surface area contributed by atoms with Gasteiger partial charge in [-0.05, 0) is 78.9 Å². The highest BCUT2D eigenvalue weighted by Gasteiger charge is 2.38. The van der Waals surface area contributed by atoms with Crippen molar-refractivity contribution in [2.45, 2.75) is 97.8 Å². The van der Waals surface area contributed by atoms with Crippen LogP contribution in [0.25, 0.3) is 5.65 Å². The van der Waals surface area contributed by atoms with Crippen molar-refractivity contribution in [1.82, 2.24) is 35.2 Å². The van der Waals surface area contributed by atoms with Crippen LogP contribution in [-0.2, 0) is 14.3 Å². The Morgan fingerprint density at radius 3 is 2.26 bits per heavy atom. The lowest BCUT2D eigenvalue weighted by atomic mass is 9.94. The molecular weight excluding hydrogens is 724 g/mol. The van der Waals surface area contributed by atoms with Crippen LogP contribution in [0.1, 0.15) is 113 Å². The molecule has 3 N–H and O–H groups in total. The van der Waals surface area contributed by atoms with E-state index in [0.717, 1.165) is 0 Å². The molecule has 3 aromatic heterocycles. The Hall–Kier alpha value is -4.57. The van der Waals surface area contributed by atoms with E-state index < -0.39 is 29.3 Å². The summed E-state index contributed by atoms with van der Waals surface area (Å²) in [5.41, 5.74) is -0.377. The van der Waals surface area contributed by atoms with Crippen LogP contribution in [0.3, 0.4) is 0 Å². The van der Waals surface area contributed by atoms with Gasteiger partial charge in [-0.2, -0.15) is 0 Å². The van der Waals surface area contributed by atoms with Crippen LogP contribution in [-0.4, -0.2) is 86.4 Å². The summed E-state index contributed by atoms with van der Waals surface area (Å²) in [5.74, 6) is -1.30. The Labute approximate surface area is 318 Å². The molecule has 0 bridgehead atoms. The van der Waals surface area contributed by atoms with Gasteiger partial charge in [0.25, 0.3) is 5.91 Å². The zero-order valence-corrected chi connectivity index (χ0v) is 33.0. The maximum Gasteiger partial charge on any atom is 0.414 e. The number of likely N-dealkylation sites (tertiary alicyclic amines) is 1. The molecule has 0 spiro atoms. The van der Waals surface area contributed by atoms with E-state index >= 15 is 0 Å². The number of hydrogen-bond donors (Lipinski definition) is 3. The summed E-state index contributed by atoms with van der Waals surface area (Å²) < 4.78 is 12.3. The summed E-state index contributed by atoms with van der Waals surface area (Å²) in [7, 11) is 1.52. The molecule has 53 heavy (non-hydrogen) atoms. The number of thiazole rings is 1. The molecule has 0 aliphatic carbocycles. The fraction of sp³-hybridized carbons (Fsp3) is 0.556. The number of Topliss-reactive ketones (excluding diaryl/α,β-unsaturated/α-hetero) is 1. The lowest BCUT2D eigenvalue weighted by Gasteiger charge is -2.22. The first kappa shape index (κ1) is 41.2. The smallest absolute Gasteiger partial charge is 0.414 e. The third kappa shape index (κ3) is 12.2. The first-order valence-corrected chi connectivity index (χ1v) is 18.8. The van der Waals surface area contributed by atoms with Gasteiger partial charge in [0.1, 0.15) is 33.2 Å². The summed E-state index contributed by atoms with van der Waals surface area (Å²) in [5, 5.41) is 10.4. The average molecular weight is 773 g/mol. The third-order valence-electron chi connectivity index (χ3n) is 8.02. The number of nitrogens with one attached hydrogen (secondary N) is 3. The molecule has 4 amide bonds. The maximum absolute atomic E-state index is 13.6. The molecule has 0 radical (unpaired) electrons. The zero-order chi connectivity index (χ0) is 39.1. The lowest BCUT2D eigenvalue weighted by molar-refractivity contribution is -0.124. The molecule has 3 aromatic rings. The molecule has 0 unspecified atom stereocenters. The molecule has 1 saturated heterocycles. The fourth-order valence-corrected chi connectivity index (χ4v) is 6.87. The number of halogens is 1. The highest BCUT2D eigenvalue weighted by molar-refractivity contribution is 7.10. The van der Waals surface area contributed by atoms with E-state index in [0.29, 0.717) is 53.6 Å². The number of carbonyl (C=O) groups is 5. The van der Waals surface area contributed by atoms with Gasteiger partial charge in [0.05, 0.1) is 11.1 Å². The van der Waals surface area contributed by atoms with Crippen LogP contribution in [0.5, 0.6) is 0 Å². The van der Waals surface area contributed by atoms with Gasteiger partial charge in [-0.1, -0.05) is 24.9 Å². The van der Waals surface area contributed by atoms with Crippen molar-refractivity contribution >= 4 is 64.3 Å². The number of carbonyl (C=O) groups excluding carboxylic acids is 5. The average Bonchev–Trinajstić information content (AvgIpc) is 3.79. The number of rotatable bonds is 11. The molecule has 0 saturated carbocycles. The number of imidazole rings is 1. The van der Waals surface area contributed by atoms with E-state index in [1.54, 1.807) is 80.7 Å². The molecule has 0 aromatic carbocycles. The van der Waals surface area contributed by atoms with Crippen molar-refractivity contribution in [1.29, 1.82) is 0 Å². The number of fused-ring (bicyclic) bond motifs is 1. The normalized spacial score (nSPS) is 16.5. The molecule has 1 aliphatic heterocycles. The van der Waals surface area contributed by atoms with Gasteiger partial charge in [-0.15, -0.1) is 11.3 Å². The summed E-state index contributed by atoms with van der Waals surface area (Å²) in [6, 6.07) is 3.15. The third-order valence-corrected chi connectivity index (χ3v) is 9.19. The van der Waals surface area contributed by atoms with Crippen molar-refractivity contribution in [3.05, 3.63) is 51.3 Å². The Morgan fingerprint density at radius 1 is 0.981 bits per heavy atom. The highest BCUT2D eigenvalue weighted by atomic mass is 35.5. The van der Waals surface area contributed by atoms with Gasteiger partial charge in [0.2, 0.25) is 11.9 Å². The molecule has 1 fully saturated rings. The lowest BCUT2D eigenvalue weighted by Crippen LogP contribution is -2.47. The Bertz CT molecular complexity index is 1810. The van der Waals surface area contributed by atoms with Gasteiger partial charge in [-0.3, -0.25) is 30.0 Å². The molecule has 288 valence electrons. The van der Waals surface area contributed by atoms with Crippen molar-refractivity contribution in [2.24, 2.45) is 16.8 Å². The number of ketones is 1. The number of nitrogens with zero attached hydrogens (tertiary/aromatic N) is 5. The van der Waals surface area contributed by atoms with Crippen molar-refractivity contribution < 1.29 is 33.4 Å². The van der Waals surface area contributed by atoms with Gasteiger partial charge in [0.15, 0.2) is 5.78 Å². The summed E-state index contributed by atoms with van der Waals surface area (Å²) in [6.07, 6.45) is 3.80. The van der Waals surface area contributed by atoms with E-state index in [-0.39, 0.29) is 54.2 Å². The van der Waals surface area contributed by atoms with Crippen LogP contribution < -0.4 is 16.0 Å². The molecule has 1 aliphatic rings. The minimum absolute atomic E-state index is 0.0503. The minimum atomic E-state index is -0.796. The van der Waals surface area contributed by atoms with Crippen LogP contribution in [0, 0.1) is 11.8 Å². The summed E-state index contributed by atoms with van der Waals surface area (Å²) >= 11 is 7.43. The molecule has 15 nitrogen and oxygen atoms in total. The fourth-order valence-electron chi connectivity index (χ4n) is 5.75. The molecule has 3 atom stereocenters. The second-order valence-electron chi connectivity index (χ2n) is 15.0. The largest absolute Gasteiger partial charge is 0.444 e. The summed E-state index contributed by atoms with van der Waals surface area (Å²) in [4.78, 5) is 79.8. The Kier molecular flexibility index (Phi) is 13.6. The predicted molar refractivity (Wildman–Crippen MR) is 201 cm³/mol. The molecular formula is C36H49ClN8O7S. The van der Waals surface area contributed by atoms with Gasteiger partial charge in [0, 0.05) is 50.2 Å². The van der Waals surface area contributed by atoms with E-state index in [9.17, 15) is 24.0 Å². The number of ether oxygens (including phenoxy) is 2. The number of unbranched alkanes of at least 4 members (excludes halogenated alkanes) is 1. The van der Waals surface area contributed by atoms with Crippen molar-refractivity contribution in [2.75, 3.05) is 20.1 Å². The summed E-state index contributed by atoms with van der Waals surface area (Å²) in [6.45, 7) is 13.0. The zero-order valence-electron chi connectivity index (χ0n) is 31.4. The monoisotopic (exact) mass is 772 g/mol. The number of amides is 4. The molecule has 4 rings (SSSR count). The highest BCUT2D eigenvalue weighted by Crippen LogP contribution is 2.38. The first-order valence-electron chi connectivity index (χ1n) is 17.5. The molecule has 4 heterocycles. The standard InChI is InChI=1S/C36H49ClN8O7S/c1-21-15-26(45(17-21)31(48)24-19-44-18-23(37)12-13-28(44)40-24)30-41-25(20-53-30)27(46)16-22(29(47)38-8)11-9-10-14-39-32(42-33(49)51-35(2,3)4)43-34(50)52-36(5,6)7/h12-13,18-22,26H,9-11,14-17H2,1-8H3,(H,38,47)(H2,39,42,43,49,50)/t21-,22-,26-/m1/s1. The second kappa shape index (κ2) is 17.5. The van der Waals surface area contributed by atoms with Crippen molar-refractivity contribution in [3.8, 4) is 0 Å². The first-order chi connectivity index (χ1) is 24.8. The minimum Gasteiger partial charge on any atom is -0.444 e. The number of guanidine groups is 1. The predicted octanol–water partition coefficient (Wildman–Crippen LogP) is 6.18. The number of pyridine rings is 1. The topological polar surface area (TPSA) is 186 Å². The quantitative estimate of drug-likeness (QED) is 0.0886. The van der Waals surface area contributed by atoms with E-state index in [2.05, 4.69) is 37.8 Å². The van der Waals surface area contributed by atoms with Crippen LogP contribution >= 0.6 is 22.9 Å². The Morgan fingerprint density at radius 2 is 1.64 bits per heavy atom. The van der Waals surface area contributed by atoms with Gasteiger partial charge >= 0.3 is 12.2 Å². The van der Waals surface area contributed by atoms with E-state index in [1.165, 1.54) is 18.4 Å². The van der Waals surface area contributed by atoms with Crippen LogP contribution in [0.2, 0.25) is 5.02 Å². The van der Waals surface area contributed by atoms with Gasteiger partial charge < -0.3 is 24.1 Å². The van der Waals surface area contributed by atoms with E-state index in [1.807, 2.05) is 0 Å². The number of hydrogen-bond acceptors (Lipinski definition) is 11. The number of aromatic nitrogens is 3. The number of aliphatic imine (C=N–C) groups is 1. The van der Waals surface area contributed by atoms with Crippen molar-refractivity contribution in [3.63, 3.8) is 0 Å². The number of alkyl carbamates (subject to hydrolysis) is 2. The maximum atomic E-state index is 13.6. The second-order valence-corrected chi connectivity index (χ2v) is 16.4. The molecule has 17 heteroatoms. The van der Waals surface area contributed by atoms with Crippen LogP contribution in [0.4, 0.5) is 9.59 Å². The SMILES string of the molecule is CNC(=O)[C@H](CCCCN=C(NC(=O)OC(C)(C)C)NC(=O)OC(C)(C)C)CC(=O)c1csc([C@H]2C[C@@H](C)CN2C(=O)c2cn3cc(Cl)ccc3n2)n1. The van der Waals surface area contributed by atoms with E-state index in [4.69, 9.17) is 21.1 Å². The van der Waals surface area contributed by atoms with Gasteiger partial charge in [-0.25, -0.2) is 19.6 Å². The van der Waals surface area contributed by atoms with Crippen LogP contribution in [0.15, 0.2) is 34.9 Å². The Balaban J connectivity index is 1.37.